The minimum Gasteiger partial charge on any atom is -0.313 e. The van der Waals surface area contributed by atoms with Gasteiger partial charge in [-0.1, -0.05) is 19.9 Å². The van der Waals surface area contributed by atoms with E-state index in [0.717, 1.165) is 45.0 Å². The molecular weight excluding hydrogens is 248 g/mol. The highest BCUT2D eigenvalue weighted by Crippen LogP contribution is 2.05. The fourth-order valence-electron chi connectivity index (χ4n) is 2.08. The van der Waals surface area contributed by atoms with Gasteiger partial charge in [-0.25, -0.2) is 0 Å². The summed E-state index contributed by atoms with van der Waals surface area (Å²) in [6, 6.07) is 4.34. The van der Waals surface area contributed by atoms with Crippen molar-refractivity contribution < 1.29 is 0 Å². The van der Waals surface area contributed by atoms with E-state index in [1.165, 1.54) is 12.0 Å². The third kappa shape index (κ3) is 6.98. The van der Waals surface area contributed by atoms with Crippen molar-refractivity contribution in [2.75, 3.05) is 40.3 Å². The molecule has 0 amide bonds. The maximum atomic E-state index is 4.59. The molecule has 0 fully saturated rings. The number of likely N-dealkylation sites (N-methyl/N-ethyl adjacent to an activating group) is 1. The van der Waals surface area contributed by atoms with Crippen LogP contribution >= 0.6 is 0 Å². The van der Waals surface area contributed by atoms with Crippen LogP contribution in [-0.4, -0.2) is 55.1 Å². The molecule has 0 unspecified atom stereocenters. The molecule has 114 valence electrons. The molecule has 4 heteroatoms. The molecule has 0 atom stereocenters. The second-order valence-electron chi connectivity index (χ2n) is 5.52. The number of pyridine rings is 1. The molecule has 20 heavy (non-hydrogen) atoms. The van der Waals surface area contributed by atoms with E-state index in [1.54, 1.807) is 0 Å². The number of nitrogens with one attached hydrogen (secondary N) is 1. The number of aromatic nitrogens is 1. The van der Waals surface area contributed by atoms with E-state index in [9.17, 15) is 0 Å². The molecule has 1 heterocycles. The van der Waals surface area contributed by atoms with Gasteiger partial charge in [0.05, 0.1) is 5.69 Å². The highest BCUT2D eigenvalue weighted by molar-refractivity contribution is 5.13. The summed E-state index contributed by atoms with van der Waals surface area (Å²) in [5.41, 5.74) is 2.42. The van der Waals surface area contributed by atoms with Gasteiger partial charge >= 0.3 is 0 Å². The highest BCUT2D eigenvalue weighted by atomic mass is 15.2. The van der Waals surface area contributed by atoms with Gasteiger partial charge in [0.25, 0.3) is 0 Å². The Morgan fingerprint density at radius 2 is 1.90 bits per heavy atom. The van der Waals surface area contributed by atoms with Crippen molar-refractivity contribution in [2.45, 2.75) is 33.4 Å². The Morgan fingerprint density at radius 3 is 2.45 bits per heavy atom. The summed E-state index contributed by atoms with van der Waals surface area (Å²) in [6.45, 7) is 10.5. The van der Waals surface area contributed by atoms with Gasteiger partial charge in [0.1, 0.15) is 0 Å². The maximum Gasteiger partial charge on any atom is 0.0544 e. The SMILES string of the molecule is CCCN(CCN(C)C)Cc1ccc(CNCC)cn1. The lowest BCUT2D eigenvalue weighted by Crippen LogP contribution is -2.32. The van der Waals surface area contributed by atoms with Crippen LogP contribution in [0.15, 0.2) is 18.3 Å². The molecule has 0 aliphatic rings. The third-order valence-electron chi connectivity index (χ3n) is 3.25. The van der Waals surface area contributed by atoms with Crippen molar-refractivity contribution in [1.29, 1.82) is 0 Å². The molecular formula is C16H30N4. The second-order valence-corrected chi connectivity index (χ2v) is 5.52. The van der Waals surface area contributed by atoms with Gasteiger partial charge in [-0.05, 0) is 45.2 Å². The van der Waals surface area contributed by atoms with Gasteiger partial charge < -0.3 is 10.2 Å². The van der Waals surface area contributed by atoms with Gasteiger partial charge in [-0.15, -0.1) is 0 Å². The summed E-state index contributed by atoms with van der Waals surface area (Å²) in [5, 5.41) is 3.32. The topological polar surface area (TPSA) is 31.4 Å². The maximum absolute atomic E-state index is 4.59. The lowest BCUT2D eigenvalue weighted by molar-refractivity contribution is 0.232. The zero-order valence-corrected chi connectivity index (χ0v) is 13.5. The quantitative estimate of drug-likeness (QED) is 0.709. The minimum atomic E-state index is 0.906. The molecule has 1 N–H and O–H groups in total. The lowest BCUT2D eigenvalue weighted by Gasteiger charge is -2.23. The molecule has 0 spiro atoms. The molecule has 1 aromatic heterocycles. The summed E-state index contributed by atoms with van der Waals surface area (Å²) in [5.74, 6) is 0. The smallest absolute Gasteiger partial charge is 0.0544 e. The monoisotopic (exact) mass is 278 g/mol. The van der Waals surface area contributed by atoms with Crippen LogP contribution in [0.4, 0.5) is 0 Å². The largest absolute Gasteiger partial charge is 0.313 e. The van der Waals surface area contributed by atoms with Crippen LogP contribution in [0.2, 0.25) is 0 Å². The van der Waals surface area contributed by atoms with Crippen LogP contribution in [0.25, 0.3) is 0 Å². The van der Waals surface area contributed by atoms with E-state index in [2.05, 4.69) is 60.2 Å². The standard InChI is InChI=1S/C16H30N4/c1-5-9-20(11-10-19(3)4)14-16-8-7-15(13-18-16)12-17-6-2/h7-8,13,17H,5-6,9-12,14H2,1-4H3. The molecule has 1 rings (SSSR count). The zero-order chi connectivity index (χ0) is 14.8. The Balaban J connectivity index is 2.50. The first-order valence-corrected chi connectivity index (χ1v) is 7.67. The summed E-state index contributed by atoms with van der Waals surface area (Å²) in [7, 11) is 4.25. The molecule has 4 nitrogen and oxygen atoms in total. The molecule has 0 aromatic carbocycles. The second kappa shape index (κ2) is 9.86. The zero-order valence-electron chi connectivity index (χ0n) is 13.5. The molecule has 0 saturated carbocycles. The van der Waals surface area contributed by atoms with E-state index in [0.29, 0.717) is 0 Å². The van der Waals surface area contributed by atoms with Crippen molar-refractivity contribution in [1.82, 2.24) is 20.1 Å². The van der Waals surface area contributed by atoms with Crippen LogP contribution < -0.4 is 5.32 Å². The van der Waals surface area contributed by atoms with Gasteiger partial charge in [-0.3, -0.25) is 9.88 Å². The van der Waals surface area contributed by atoms with Crippen molar-refractivity contribution in [3.63, 3.8) is 0 Å². The summed E-state index contributed by atoms with van der Waals surface area (Å²) in [6.07, 6.45) is 3.18. The van der Waals surface area contributed by atoms with E-state index in [4.69, 9.17) is 0 Å². The first kappa shape index (κ1) is 17.1. The van der Waals surface area contributed by atoms with Crippen LogP contribution in [0, 0.1) is 0 Å². The number of hydrogen-bond acceptors (Lipinski definition) is 4. The van der Waals surface area contributed by atoms with Crippen molar-refractivity contribution >= 4 is 0 Å². The number of nitrogens with zero attached hydrogens (tertiary/aromatic N) is 3. The third-order valence-corrected chi connectivity index (χ3v) is 3.25. The average molecular weight is 278 g/mol. The minimum absolute atomic E-state index is 0.906. The molecule has 1 aromatic rings. The first-order valence-electron chi connectivity index (χ1n) is 7.67. The van der Waals surface area contributed by atoms with Gasteiger partial charge in [0, 0.05) is 32.4 Å². The molecule has 0 saturated heterocycles. The molecule has 0 aliphatic heterocycles. The van der Waals surface area contributed by atoms with E-state index >= 15 is 0 Å². The summed E-state index contributed by atoms with van der Waals surface area (Å²) in [4.78, 5) is 9.30. The van der Waals surface area contributed by atoms with E-state index in [-0.39, 0.29) is 0 Å². The van der Waals surface area contributed by atoms with Gasteiger partial charge in [0.2, 0.25) is 0 Å². The van der Waals surface area contributed by atoms with Crippen LogP contribution in [0.3, 0.4) is 0 Å². The number of rotatable bonds is 10. The Kier molecular flexibility index (Phi) is 8.42. The normalized spacial score (nSPS) is 11.5. The highest BCUT2D eigenvalue weighted by Gasteiger charge is 2.06. The summed E-state index contributed by atoms with van der Waals surface area (Å²) >= 11 is 0. The Morgan fingerprint density at radius 1 is 1.10 bits per heavy atom. The van der Waals surface area contributed by atoms with Crippen molar-refractivity contribution in [3.05, 3.63) is 29.6 Å². The fraction of sp³-hybridized carbons (Fsp3) is 0.688. The van der Waals surface area contributed by atoms with Crippen LogP contribution in [0.5, 0.6) is 0 Å². The Labute approximate surface area is 124 Å². The van der Waals surface area contributed by atoms with Crippen molar-refractivity contribution in [2.24, 2.45) is 0 Å². The molecule has 0 radical (unpaired) electrons. The van der Waals surface area contributed by atoms with Gasteiger partial charge in [-0.2, -0.15) is 0 Å². The number of hydrogen-bond donors (Lipinski definition) is 1. The predicted octanol–water partition coefficient (Wildman–Crippen LogP) is 1.96. The average Bonchev–Trinajstić information content (AvgIpc) is 2.44. The lowest BCUT2D eigenvalue weighted by atomic mass is 10.2. The van der Waals surface area contributed by atoms with E-state index < -0.39 is 0 Å². The summed E-state index contributed by atoms with van der Waals surface area (Å²) < 4.78 is 0. The Bertz CT molecular complexity index is 348. The fourth-order valence-corrected chi connectivity index (χ4v) is 2.08. The predicted molar refractivity (Wildman–Crippen MR) is 85.7 cm³/mol. The van der Waals surface area contributed by atoms with Crippen LogP contribution in [-0.2, 0) is 13.1 Å². The van der Waals surface area contributed by atoms with Gasteiger partial charge in [0.15, 0.2) is 0 Å². The Hall–Kier alpha value is -0.970. The van der Waals surface area contributed by atoms with Crippen molar-refractivity contribution in [3.8, 4) is 0 Å². The van der Waals surface area contributed by atoms with E-state index in [1.807, 2.05) is 6.20 Å². The first-order chi connectivity index (χ1) is 9.65. The molecule has 0 bridgehead atoms. The molecule has 0 aliphatic carbocycles. The van der Waals surface area contributed by atoms with Crippen LogP contribution in [0.1, 0.15) is 31.5 Å².